The number of hydrogen-bond donors (Lipinski definition) is 1. The van der Waals surface area contributed by atoms with Gasteiger partial charge < -0.3 is 9.88 Å². The maximum Gasteiger partial charge on any atom is 0.119 e. The van der Waals surface area contributed by atoms with E-state index < -0.39 is 0 Å². The lowest BCUT2D eigenvalue weighted by Gasteiger charge is -2.09. The second-order valence-corrected chi connectivity index (χ2v) is 6.23. The molecule has 0 fully saturated rings. The van der Waals surface area contributed by atoms with E-state index in [4.69, 9.17) is 0 Å². The van der Waals surface area contributed by atoms with Gasteiger partial charge in [-0.3, -0.25) is 4.68 Å². The Morgan fingerprint density at radius 2 is 1.77 bits per heavy atom. The Labute approximate surface area is 152 Å². The lowest BCUT2D eigenvalue weighted by Crippen LogP contribution is -2.02. The predicted molar refractivity (Wildman–Crippen MR) is 102 cm³/mol. The van der Waals surface area contributed by atoms with Crippen LogP contribution in [0.4, 0.5) is 5.69 Å². The normalized spacial score (nSPS) is 10.8. The highest BCUT2D eigenvalue weighted by atomic mass is 15.3. The van der Waals surface area contributed by atoms with Crippen molar-refractivity contribution >= 4 is 5.69 Å². The van der Waals surface area contributed by atoms with Gasteiger partial charge in [-0.25, -0.2) is 0 Å². The molecule has 130 valence electrons. The van der Waals surface area contributed by atoms with Crippen molar-refractivity contribution in [2.24, 2.45) is 7.05 Å². The SMILES string of the molecule is Cn1cc(CNc2cccc(Cn3cnnc3)c2)c(-c2ccccc2)n1. The molecule has 0 amide bonds. The number of rotatable bonds is 6. The van der Waals surface area contributed by atoms with Crippen LogP contribution >= 0.6 is 0 Å². The Balaban J connectivity index is 1.50. The van der Waals surface area contributed by atoms with Crippen molar-refractivity contribution in [3.8, 4) is 11.3 Å². The van der Waals surface area contributed by atoms with Crippen LogP contribution in [0.1, 0.15) is 11.1 Å². The molecule has 0 aliphatic heterocycles. The first kappa shape index (κ1) is 16.1. The van der Waals surface area contributed by atoms with Gasteiger partial charge in [0.2, 0.25) is 0 Å². The topological polar surface area (TPSA) is 60.6 Å². The van der Waals surface area contributed by atoms with E-state index in [1.54, 1.807) is 12.7 Å². The molecule has 2 aromatic heterocycles. The van der Waals surface area contributed by atoms with E-state index in [1.165, 1.54) is 11.1 Å². The van der Waals surface area contributed by atoms with Crippen LogP contribution < -0.4 is 5.32 Å². The van der Waals surface area contributed by atoms with Gasteiger partial charge >= 0.3 is 0 Å². The maximum absolute atomic E-state index is 4.62. The Bertz CT molecular complexity index is 973. The summed E-state index contributed by atoms with van der Waals surface area (Å²) in [5.41, 5.74) is 5.60. The summed E-state index contributed by atoms with van der Waals surface area (Å²) in [5, 5.41) is 15.8. The molecule has 0 bridgehead atoms. The lowest BCUT2D eigenvalue weighted by molar-refractivity contribution is 0.770. The summed E-state index contributed by atoms with van der Waals surface area (Å²) in [6.07, 6.45) is 5.51. The van der Waals surface area contributed by atoms with Gasteiger partial charge in [0.1, 0.15) is 12.7 Å². The van der Waals surface area contributed by atoms with Crippen LogP contribution in [0, 0.1) is 0 Å². The number of hydrogen-bond acceptors (Lipinski definition) is 4. The van der Waals surface area contributed by atoms with Crippen molar-refractivity contribution in [1.29, 1.82) is 0 Å². The molecule has 26 heavy (non-hydrogen) atoms. The maximum atomic E-state index is 4.62. The highest BCUT2D eigenvalue weighted by molar-refractivity contribution is 5.63. The minimum Gasteiger partial charge on any atom is -0.381 e. The van der Waals surface area contributed by atoms with E-state index in [-0.39, 0.29) is 0 Å². The van der Waals surface area contributed by atoms with Crippen LogP contribution in [0.5, 0.6) is 0 Å². The molecule has 0 saturated heterocycles. The van der Waals surface area contributed by atoms with E-state index in [2.05, 4.69) is 63.2 Å². The van der Waals surface area contributed by atoms with Gasteiger partial charge in [0.05, 0.1) is 12.2 Å². The van der Waals surface area contributed by atoms with Crippen molar-refractivity contribution in [3.05, 3.63) is 84.6 Å². The molecule has 0 saturated carbocycles. The van der Waals surface area contributed by atoms with Gasteiger partial charge in [-0.15, -0.1) is 10.2 Å². The molecule has 4 aromatic rings. The molecular weight excluding hydrogens is 324 g/mol. The zero-order valence-corrected chi connectivity index (χ0v) is 14.6. The Hall–Kier alpha value is -3.41. The molecule has 1 N–H and O–H groups in total. The van der Waals surface area contributed by atoms with Gasteiger partial charge in [0.15, 0.2) is 0 Å². The summed E-state index contributed by atoms with van der Waals surface area (Å²) < 4.78 is 3.82. The number of nitrogens with one attached hydrogen (secondary N) is 1. The lowest BCUT2D eigenvalue weighted by atomic mass is 10.1. The first-order valence-corrected chi connectivity index (χ1v) is 8.51. The highest BCUT2D eigenvalue weighted by Gasteiger charge is 2.09. The average Bonchev–Trinajstić information content (AvgIpc) is 3.30. The van der Waals surface area contributed by atoms with Crippen molar-refractivity contribution in [2.45, 2.75) is 13.1 Å². The minimum absolute atomic E-state index is 0.716. The fourth-order valence-corrected chi connectivity index (χ4v) is 3.00. The van der Waals surface area contributed by atoms with Gasteiger partial charge in [-0.1, -0.05) is 42.5 Å². The number of aryl methyl sites for hydroxylation is 1. The monoisotopic (exact) mass is 344 g/mol. The third-order valence-electron chi connectivity index (χ3n) is 4.19. The molecule has 6 heteroatoms. The minimum atomic E-state index is 0.716. The fourth-order valence-electron chi connectivity index (χ4n) is 3.00. The number of nitrogens with zero attached hydrogens (tertiary/aromatic N) is 5. The number of benzene rings is 2. The Morgan fingerprint density at radius 1 is 0.962 bits per heavy atom. The molecule has 0 unspecified atom stereocenters. The van der Waals surface area contributed by atoms with E-state index in [0.717, 1.165) is 23.5 Å². The molecule has 0 spiro atoms. The van der Waals surface area contributed by atoms with Gasteiger partial charge in [-0.2, -0.15) is 5.10 Å². The summed E-state index contributed by atoms with van der Waals surface area (Å²) in [5.74, 6) is 0. The summed E-state index contributed by atoms with van der Waals surface area (Å²) in [6.45, 7) is 1.47. The molecule has 0 aliphatic rings. The Morgan fingerprint density at radius 3 is 2.58 bits per heavy atom. The second-order valence-electron chi connectivity index (χ2n) is 6.23. The molecule has 2 aromatic carbocycles. The van der Waals surface area contributed by atoms with Crippen molar-refractivity contribution in [3.63, 3.8) is 0 Å². The summed E-state index contributed by atoms with van der Waals surface area (Å²) in [4.78, 5) is 0. The second kappa shape index (κ2) is 7.23. The smallest absolute Gasteiger partial charge is 0.119 e. The molecule has 0 aliphatic carbocycles. The van der Waals surface area contributed by atoms with E-state index >= 15 is 0 Å². The molecule has 0 atom stereocenters. The molecule has 4 rings (SSSR count). The van der Waals surface area contributed by atoms with E-state index in [9.17, 15) is 0 Å². The quantitative estimate of drug-likeness (QED) is 0.583. The van der Waals surface area contributed by atoms with Gasteiger partial charge in [0, 0.05) is 36.6 Å². The van der Waals surface area contributed by atoms with Gasteiger partial charge in [-0.05, 0) is 17.7 Å². The summed E-state index contributed by atoms with van der Waals surface area (Å²) in [6, 6.07) is 18.7. The first-order valence-electron chi connectivity index (χ1n) is 8.51. The van der Waals surface area contributed by atoms with Crippen LogP contribution in [-0.2, 0) is 20.1 Å². The van der Waals surface area contributed by atoms with Gasteiger partial charge in [0.25, 0.3) is 0 Å². The van der Waals surface area contributed by atoms with Crippen molar-refractivity contribution < 1.29 is 0 Å². The zero-order chi connectivity index (χ0) is 17.8. The molecule has 0 radical (unpaired) electrons. The third kappa shape index (κ3) is 3.64. The van der Waals surface area contributed by atoms with Crippen molar-refractivity contribution in [1.82, 2.24) is 24.5 Å². The van der Waals surface area contributed by atoms with Crippen LogP contribution in [0.3, 0.4) is 0 Å². The van der Waals surface area contributed by atoms with E-state index in [0.29, 0.717) is 6.54 Å². The fraction of sp³-hybridized carbons (Fsp3) is 0.150. The van der Waals surface area contributed by atoms with Crippen LogP contribution in [0.2, 0.25) is 0 Å². The Kier molecular flexibility index (Phi) is 4.47. The summed E-state index contributed by atoms with van der Waals surface area (Å²) in [7, 11) is 1.95. The highest BCUT2D eigenvalue weighted by Crippen LogP contribution is 2.22. The van der Waals surface area contributed by atoms with E-state index in [1.807, 2.05) is 34.5 Å². The standard InChI is InChI=1S/C20H20N6/c1-25-13-18(20(24-25)17-7-3-2-4-8-17)11-21-19-9-5-6-16(10-19)12-26-14-22-23-15-26/h2-10,13-15,21H,11-12H2,1H3. The molecule has 2 heterocycles. The van der Waals surface area contributed by atoms with Crippen LogP contribution in [0.25, 0.3) is 11.3 Å². The first-order chi connectivity index (χ1) is 12.8. The number of aromatic nitrogens is 5. The van der Waals surface area contributed by atoms with Crippen LogP contribution in [0.15, 0.2) is 73.4 Å². The third-order valence-corrected chi connectivity index (χ3v) is 4.19. The molecular formula is C20H20N6. The molecule has 6 nitrogen and oxygen atoms in total. The largest absolute Gasteiger partial charge is 0.381 e. The van der Waals surface area contributed by atoms with Crippen LogP contribution in [-0.4, -0.2) is 24.5 Å². The summed E-state index contributed by atoms with van der Waals surface area (Å²) >= 11 is 0. The average molecular weight is 344 g/mol. The zero-order valence-electron chi connectivity index (χ0n) is 14.6. The predicted octanol–water partition coefficient (Wildman–Crippen LogP) is 3.34. The van der Waals surface area contributed by atoms with Crippen molar-refractivity contribution in [2.75, 3.05) is 5.32 Å². The number of anilines is 1.